The first-order valence-electron chi connectivity index (χ1n) is 7.33. The van der Waals surface area contributed by atoms with E-state index in [-0.39, 0.29) is 5.91 Å². The highest BCUT2D eigenvalue weighted by atomic mass is 16.2. The first-order valence-corrected chi connectivity index (χ1v) is 7.33. The standard InChI is InChI=1S/C18H20N2O/c1-13-7-8-17(19-2)16(11-13)18(21)20-10-9-14-5-3-4-6-15(14)12-20/h3-8,11,19H,9-10,12H2,1-2H3. The third-order valence-corrected chi connectivity index (χ3v) is 4.09. The third-order valence-electron chi connectivity index (χ3n) is 4.09. The van der Waals surface area contributed by atoms with E-state index in [1.54, 1.807) is 0 Å². The molecular weight excluding hydrogens is 260 g/mol. The summed E-state index contributed by atoms with van der Waals surface area (Å²) in [5, 5.41) is 3.11. The monoisotopic (exact) mass is 280 g/mol. The second-order valence-electron chi connectivity index (χ2n) is 5.54. The minimum atomic E-state index is 0.109. The van der Waals surface area contributed by atoms with Gasteiger partial charge in [0.1, 0.15) is 0 Å². The summed E-state index contributed by atoms with van der Waals surface area (Å²) in [7, 11) is 1.85. The van der Waals surface area contributed by atoms with E-state index >= 15 is 0 Å². The predicted octanol–water partition coefficient (Wildman–Crippen LogP) is 3.24. The molecule has 3 nitrogen and oxygen atoms in total. The molecule has 1 N–H and O–H groups in total. The van der Waals surface area contributed by atoms with Crippen molar-refractivity contribution in [1.29, 1.82) is 0 Å². The van der Waals surface area contributed by atoms with Crippen molar-refractivity contribution < 1.29 is 4.79 Å². The molecule has 0 aliphatic carbocycles. The maximum Gasteiger partial charge on any atom is 0.256 e. The van der Waals surface area contributed by atoms with Gasteiger partial charge in [-0.1, -0.05) is 35.9 Å². The quantitative estimate of drug-likeness (QED) is 0.916. The number of nitrogens with zero attached hydrogens (tertiary/aromatic N) is 1. The molecule has 0 unspecified atom stereocenters. The molecule has 1 aliphatic rings. The fraction of sp³-hybridized carbons (Fsp3) is 0.278. The van der Waals surface area contributed by atoms with Gasteiger partial charge in [0.2, 0.25) is 0 Å². The summed E-state index contributed by atoms with van der Waals surface area (Å²) in [5.74, 6) is 0.109. The Bertz CT molecular complexity index is 679. The normalized spacial score (nSPS) is 13.7. The number of carbonyl (C=O) groups excluding carboxylic acids is 1. The van der Waals surface area contributed by atoms with Crippen LogP contribution in [0, 0.1) is 6.92 Å². The highest BCUT2D eigenvalue weighted by Crippen LogP contribution is 2.24. The summed E-state index contributed by atoms with van der Waals surface area (Å²) in [6, 6.07) is 14.3. The Morgan fingerprint density at radius 3 is 2.67 bits per heavy atom. The van der Waals surface area contributed by atoms with Crippen LogP contribution in [0.1, 0.15) is 27.0 Å². The number of anilines is 1. The van der Waals surface area contributed by atoms with Crippen molar-refractivity contribution >= 4 is 11.6 Å². The molecule has 2 aromatic carbocycles. The highest BCUT2D eigenvalue weighted by Gasteiger charge is 2.23. The van der Waals surface area contributed by atoms with E-state index in [9.17, 15) is 4.79 Å². The molecule has 0 saturated heterocycles. The summed E-state index contributed by atoms with van der Waals surface area (Å²) in [5.41, 5.74) is 5.38. The molecule has 0 fully saturated rings. The van der Waals surface area contributed by atoms with Gasteiger partial charge in [-0.25, -0.2) is 0 Å². The zero-order valence-corrected chi connectivity index (χ0v) is 12.5. The lowest BCUT2D eigenvalue weighted by molar-refractivity contribution is 0.0735. The SMILES string of the molecule is CNc1ccc(C)cc1C(=O)N1CCc2ccccc2C1. The molecular formula is C18H20N2O. The molecule has 3 heteroatoms. The minimum Gasteiger partial charge on any atom is -0.387 e. The van der Waals surface area contributed by atoms with E-state index in [1.165, 1.54) is 11.1 Å². The van der Waals surface area contributed by atoms with Gasteiger partial charge in [0, 0.05) is 25.8 Å². The zero-order valence-electron chi connectivity index (χ0n) is 12.5. The van der Waals surface area contributed by atoms with E-state index in [0.29, 0.717) is 6.54 Å². The Morgan fingerprint density at radius 1 is 1.14 bits per heavy atom. The van der Waals surface area contributed by atoms with Crippen LogP contribution in [0.25, 0.3) is 0 Å². The number of fused-ring (bicyclic) bond motifs is 1. The van der Waals surface area contributed by atoms with Crippen molar-refractivity contribution in [3.63, 3.8) is 0 Å². The van der Waals surface area contributed by atoms with Crippen LogP contribution in [0.4, 0.5) is 5.69 Å². The number of hydrogen-bond acceptors (Lipinski definition) is 2. The Balaban J connectivity index is 1.89. The molecule has 21 heavy (non-hydrogen) atoms. The van der Waals surface area contributed by atoms with E-state index < -0.39 is 0 Å². The fourth-order valence-electron chi connectivity index (χ4n) is 2.89. The number of hydrogen-bond donors (Lipinski definition) is 1. The maximum absolute atomic E-state index is 12.8. The van der Waals surface area contributed by atoms with Gasteiger partial charge in [-0.3, -0.25) is 4.79 Å². The number of amides is 1. The Hall–Kier alpha value is -2.29. The number of rotatable bonds is 2. The van der Waals surface area contributed by atoms with Crippen LogP contribution in [0.2, 0.25) is 0 Å². The second-order valence-corrected chi connectivity index (χ2v) is 5.54. The first-order chi connectivity index (χ1) is 10.2. The van der Waals surface area contributed by atoms with Crippen LogP contribution in [-0.2, 0) is 13.0 Å². The molecule has 0 spiro atoms. The molecule has 108 valence electrons. The molecule has 1 aliphatic heterocycles. The average Bonchev–Trinajstić information content (AvgIpc) is 2.53. The molecule has 0 aromatic heterocycles. The van der Waals surface area contributed by atoms with Crippen molar-refractivity contribution in [2.24, 2.45) is 0 Å². The lowest BCUT2D eigenvalue weighted by atomic mass is 9.99. The van der Waals surface area contributed by atoms with E-state index in [0.717, 1.165) is 29.8 Å². The summed E-state index contributed by atoms with van der Waals surface area (Å²) >= 11 is 0. The van der Waals surface area contributed by atoms with Gasteiger partial charge in [0.05, 0.1) is 5.56 Å². The molecule has 0 radical (unpaired) electrons. The molecule has 0 saturated carbocycles. The summed E-state index contributed by atoms with van der Waals surface area (Å²) in [6.45, 7) is 3.50. The molecule has 1 heterocycles. The lowest BCUT2D eigenvalue weighted by Gasteiger charge is -2.29. The van der Waals surface area contributed by atoms with E-state index in [1.807, 2.05) is 43.1 Å². The zero-order chi connectivity index (χ0) is 14.8. The number of nitrogens with one attached hydrogen (secondary N) is 1. The van der Waals surface area contributed by atoms with Crippen molar-refractivity contribution in [3.05, 3.63) is 64.7 Å². The smallest absolute Gasteiger partial charge is 0.256 e. The lowest BCUT2D eigenvalue weighted by Crippen LogP contribution is -2.36. The topological polar surface area (TPSA) is 32.3 Å². The minimum absolute atomic E-state index is 0.109. The Morgan fingerprint density at radius 2 is 1.90 bits per heavy atom. The van der Waals surface area contributed by atoms with Gasteiger partial charge in [-0.15, -0.1) is 0 Å². The summed E-state index contributed by atoms with van der Waals surface area (Å²) in [4.78, 5) is 14.8. The van der Waals surface area contributed by atoms with Crippen molar-refractivity contribution in [3.8, 4) is 0 Å². The number of aryl methyl sites for hydroxylation is 1. The van der Waals surface area contributed by atoms with Crippen LogP contribution in [0.15, 0.2) is 42.5 Å². The summed E-state index contributed by atoms with van der Waals surface area (Å²) < 4.78 is 0. The van der Waals surface area contributed by atoms with Crippen molar-refractivity contribution in [2.75, 3.05) is 18.9 Å². The molecule has 0 bridgehead atoms. The van der Waals surface area contributed by atoms with Gasteiger partial charge in [0.25, 0.3) is 5.91 Å². The first kappa shape index (κ1) is 13.7. The Kier molecular flexibility index (Phi) is 3.65. The van der Waals surface area contributed by atoms with Crippen molar-refractivity contribution in [1.82, 2.24) is 4.90 Å². The maximum atomic E-state index is 12.8. The largest absolute Gasteiger partial charge is 0.387 e. The van der Waals surface area contributed by atoms with E-state index in [2.05, 4.69) is 23.5 Å². The van der Waals surface area contributed by atoms with Gasteiger partial charge in [-0.2, -0.15) is 0 Å². The average molecular weight is 280 g/mol. The summed E-state index contributed by atoms with van der Waals surface area (Å²) in [6.07, 6.45) is 0.933. The molecule has 2 aromatic rings. The van der Waals surface area contributed by atoms with Gasteiger partial charge in [-0.05, 0) is 36.6 Å². The molecule has 0 atom stereocenters. The van der Waals surface area contributed by atoms with Crippen LogP contribution in [-0.4, -0.2) is 24.4 Å². The highest BCUT2D eigenvalue weighted by molar-refractivity contribution is 5.99. The van der Waals surface area contributed by atoms with Crippen LogP contribution >= 0.6 is 0 Å². The second kappa shape index (κ2) is 5.60. The van der Waals surface area contributed by atoms with E-state index in [4.69, 9.17) is 0 Å². The van der Waals surface area contributed by atoms with Crippen LogP contribution < -0.4 is 5.32 Å². The van der Waals surface area contributed by atoms with Crippen LogP contribution in [0.5, 0.6) is 0 Å². The Labute approximate surface area is 125 Å². The van der Waals surface area contributed by atoms with Gasteiger partial charge in [0.15, 0.2) is 0 Å². The third kappa shape index (κ3) is 2.64. The van der Waals surface area contributed by atoms with Crippen molar-refractivity contribution in [2.45, 2.75) is 19.9 Å². The molecule has 3 rings (SSSR count). The van der Waals surface area contributed by atoms with Crippen LogP contribution in [0.3, 0.4) is 0 Å². The van der Waals surface area contributed by atoms with Gasteiger partial charge >= 0.3 is 0 Å². The fourth-order valence-corrected chi connectivity index (χ4v) is 2.89. The number of carbonyl (C=O) groups is 1. The van der Waals surface area contributed by atoms with Gasteiger partial charge < -0.3 is 10.2 Å². The number of benzene rings is 2. The molecule has 1 amide bonds. The predicted molar refractivity (Wildman–Crippen MR) is 85.6 cm³/mol.